The van der Waals surface area contributed by atoms with Crippen LogP contribution in [0.2, 0.25) is 0 Å². The summed E-state index contributed by atoms with van der Waals surface area (Å²) in [5.74, 6) is 0. The van der Waals surface area contributed by atoms with Crippen LogP contribution >= 0.6 is 11.9 Å². The van der Waals surface area contributed by atoms with Gasteiger partial charge >= 0.3 is 0 Å². The van der Waals surface area contributed by atoms with Gasteiger partial charge in [0, 0.05) is 0 Å². The highest BCUT2D eigenvalue weighted by Crippen LogP contribution is 2.23. The quantitative estimate of drug-likeness (QED) is 0.604. The zero-order valence-corrected chi connectivity index (χ0v) is 7.87. The van der Waals surface area contributed by atoms with Crippen molar-refractivity contribution in [1.29, 1.82) is 0 Å². The monoisotopic (exact) mass is 164 g/mol. The third-order valence-corrected chi connectivity index (χ3v) is 2.37. The minimum absolute atomic E-state index is 0.0996. The molecular formula is C8H17ClO. The first-order chi connectivity index (χ1) is 4.68. The first-order valence-corrected chi connectivity index (χ1v) is 4.29. The molecule has 0 aromatic carbocycles. The van der Waals surface area contributed by atoms with Crippen LogP contribution in [0.15, 0.2) is 0 Å². The van der Waals surface area contributed by atoms with Crippen LogP contribution in [-0.4, -0.2) is 5.60 Å². The van der Waals surface area contributed by atoms with Crippen LogP contribution in [0, 0.1) is 0 Å². The summed E-state index contributed by atoms with van der Waals surface area (Å²) < 4.78 is 4.86. The highest BCUT2D eigenvalue weighted by atomic mass is 35.5. The Labute approximate surface area is 68.9 Å². The highest BCUT2D eigenvalue weighted by molar-refractivity contribution is 6.07. The van der Waals surface area contributed by atoms with E-state index in [4.69, 9.17) is 16.2 Å². The molecule has 0 aromatic heterocycles. The van der Waals surface area contributed by atoms with Crippen molar-refractivity contribution < 1.29 is 4.29 Å². The summed E-state index contributed by atoms with van der Waals surface area (Å²) in [4.78, 5) is 0. The van der Waals surface area contributed by atoms with E-state index in [1.165, 1.54) is 12.8 Å². The van der Waals surface area contributed by atoms with Gasteiger partial charge in [-0.15, -0.1) is 0 Å². The minimum atomic E-state index is -0.0996. The molecule has 0 amide bonds. The van der Waals surface area contributed by atoms with Gasteiger partial charge in [0.2, 0.25) is 0 Å². The average Bonchev–Trinajstić information content (AvgIpc) is 2.00. The second-order valence-electron chi connectivity index (χ2n) is 2.98. The second kappa shape index (κ2) is 4.97. The summed E-state index contributed by atoms with van der Waals surface area (Å²) in [5.41, 5.74) is -0.0996. The summed E-state index contributed by atoms with van der Waals surface area (Å²) in [6.07, 6.45) is 4.44. The first-order valence-electron chi connectivity index (χ1n) is 3.98. The van der Waals surface area contributed by atoms with Crippen LogP contribution in [0.25, 0.3) is 0 Å². The number of hydrogen-bond donors (Lipinski definition) is 0. The van der Waals surface area contributed by atoms with Crippen molar-refractivity contribution in [2.45, 2.75) is 52.1 Å². The average molecular weight is 165 g/mol. The zero-order chi connectivity index (χ0) is 8.04. The molecule has 0 aliphatic rings. The van der Waals surface area contributed by atoms with Crippen LogP contribution in [0.4, 0.5) is 0 Å². The Hall–Kier alpha value is 0.250. The fraction of sp³-hybridized carbons (Fsp3) is 1.00. The summed E-state index contributed by atoms with van der Waals surface area (Å²) >= 11 is 5.34. The molecule has 0 aliphatic carbocycles. The summed E-state index contributed by atoms with van der Waals surface area (Å²) in [6, 6.07) is 0. The Morgan fingerprint density at radius 2 is 2.00 bits per heavy atom. The predicted octanol–water partition coefficient (Wildman–Crippen LogP) is 3.52. The van der Waals surface area contributed by atoms with Crippen molar-refractivity contribution in [3.05, 3.63) is 0 Å². The van der Waals surface area contributed by atoms with Gasteiger partial charge in [0.15, 0.2) is 0 Å². The molecule has 0 aromatic rings. The Morgan fingerprint density at radius 1 is 1.40 bits per heavy atom. The lowest BCUT2D eigenvalue weighted by atomic mass is 9.97. The van der Waals surface area contributed by atoms with Crippen LogP contribution in [0.5, 0.6) is 0 Å². The third-order valence-electron chi connectivity index (χ3n) is 1.99. The fourth-order valence-electron chi connectivity index (χ4n) is 0.821. The van der Waals surface area contributed by atoms with Crippen molar-refractivity contribution in [1.82, 2.24) is 0 Å². The molecule has 2 heteroatoms. The Morgan fingerprint density at radius 3 is 2.30 bits per heavy atom. The molecule has 10 heavy (non-hydrogen) atoms. The van der Waals surface area contributed by atoms with E-state index in [9.17, 15) is 0 Å². The van der Waals surface area contributed by atoms with Gasteiger partial charge in [0.25, 0.3) is 0 Å². The molecule has 0 heterocycles. The maximum absolute atomic E-state index is 5.34. The Kier molecular flexibility index (Phi) is 5.10. The number of rotatable bonds is 5. The molecule has 0 spiro atoms. The lowest BCUT2D eigenvalue weighted by Crippen LogP contribution is -2.23. The van der Waals surface area contributed by atoms with Crippen molar-refractivity contribution in [3.8, 4) is 0 Å². The summed E-state index contributed by atoms with van der Waals surface area (Å²) in [5, 5.41) is 0. The molecular weight excluding hydrogens is 148 g/mol. The van der Waals surface area contributed by atoms with Crippen molar-refractivity contribution >= 4 is 11.9 Å². The van der Waals surface area contributed by atoms with Crippen LogP contribution in [0.1, 0.15) is 46.5 Å². The molecule has 0 bridgehead atoms. The normalized spacial score (nSPS) is 16.8. The smallest absolute Gasteiger partial charge is 0.0866 e. The predicted molar refractivity (Wildman–Crippen MR) is 45.2 cm³/mol. The third kappa shape index (κ3) is 3.43. The molecule has 0 saturated carbocycles. The van der Waals surface area contributed by atoms with Crippen LogP contribution < -0.4 is 0 Å². The fourth-order valence-corrected chi connectivity index (χ4v) is 1.01. The van der Waals surface area contributed by atoms with Crippen LogP contribution in [0.3, 0.4) is 0 Å². The SMILES string of the molecule is CCCCC(C)(CC)OCl. The molecule has 1 atom stereocenters. The van der Waals surface area contributed by atoms with Crippen molar-refractivity contribution in [3.63, 3.8) is 0 Å². The Bertz CT molecular complexity index is 79.3. The van der Waals surface area contributed by atoms with E-state index in [0.717, 1.165) is 12.8 Å². The maximum atomic E-state index is 5.34. The second-order valence-corrected chi connectivity index (χ2v) is 3.14. The lowest BCUT2D eigenvalue weighted by molar-refractivity contribution is 0.0852. The van der Waals surface area contributed by atoms with E-state index in [-0.39, 0.29) is 5.60 Å². The molecule has 0 N–H and O–H groups in total. The van der Waals surface area contributed by atoms with E-state index >= 15 is 0 Å². The standard InChI is InChI=1S/C8H17ClO/c1-4-6-7-8(3,5-2)10-9/h4-7H2,1-3H3. The number of unbranched alkanes of at least 4 members (excludes halogenated alkanes) is 1. The van der Waals surface area contributed by atoms with Gasteiger partial charge in [-0.2, -0.15) is 0 Å². The Balaban J connectivity index is 3.58. The van der Waals surface area contributed by atoms with Crippen molar-refractivity contribution in [2.75, 3.05) is 0 Å². The molecule has 0 aliphatic heterocycles. The highest BCUT2D eigenvalue weighted by Gasteiger charge is 2.21. The lowest BCUT2D eigenvalue weighted by Gasteiger charge is -2.23. The van der Waals surface area contributed by atoms with Gasteiger partial charge in [-0.1, -0.05) is 26.7 Å². The van der Waals surface area contributed by atoms with Gasteiger partial charge in [-0.05, 0) is 19.8 Å². The van der Waals surface area contributed by atoms with E-state index in [0.29, 0.717) is 0 Å². The summed E-state index contributed by atoms with van der Waals surface area (Å²) in [6.45, 7) is 6.32. The van der Waals surface area contributed by atoms with Gasteiger partial charge in [0.05, 0.1) is 17.5 Å². The topological polar surface area (TPSA) is 9.23 Å². The summed E-state index contributed by atoms with van der Waals surface area (Å²) in [7, 11) is 0. The van der Waals surface area contributed by atoms with Crippen LogP contribution in [-0.2, 0) is 4.29 Å². The molecule has 0 rings (SSSR count). The van der Waals surface area contributed by atoms with Gasteiger partial charge in [-0.25, -0.2) is 0 Å². The first kappa shape index (κ1) is 10.2. The maximum Gasteiger partial charge on any atom is 0.0866 e. The molecule has 1 nitrogen and oxygen atoms in total. The zero-order valence-electron chi connectivity index (χ0n) is 7.11. The van der Waals surface area contributed by atoms with E-state index < -0.39 is 0 Å². The van der Waals surface area contributed by atoms with Crippen molar-refractivity contribution in [2.24, 2.45) is 0 Å². The van der Waals surface area contributed by atoms with E-state index in [2.05, 4.69) is 20.8 Å². The van der Waals surface area contributed by atoms with Gasteiger partial charge in [0.1, 0.15) is 0 Å². The number of hydrogen-bond acceptors (Lipinski definition) is 1. The molecule has 0 fully saturated rings. The van der Waals surface area contributed by atoms with E-state index in [1.807, 2.05) is 0 Å². The van der Waals surface area contributed by atoms with Gasteiger partial charge in [-0.3, -0.25) is 4.29 Å². The molecule has 0 saturated heterocycles. The minimum Gasteiger partial charge on any atom is -0.273 e. The van der Waals surface area contributed by atoms with Gasteiger partial charge < -0.3 is 0 Å². The number of halogens is 1. The molecule has 1 unspecified atom stereocenters. The van der Waals surface area contributed by atoms with E-state index in [1.54, 1.807) is 0 Å². The largest absolute Gasteiger partial charge is 0.273 e. The molecule has 0 radical (unpaired) electrons. The molecule has 62 valence electrons.